The van der Waals surface area contributed by atoms with Crippen molar-refractivity contribution >= 4 is 17.4 Å². The zero-order valence-corrected chi connectivity index (χ0v) is 12.4. The van der Waals surface area contributed by atoms with E-state index in [1.165, 1.54) is 19.4 Å². The minimum atomic E-state index is 0.130. The molecule has 2 rings (SSSR count). The Morgan fingerprint density at radius 1 is 1.53 bits per heavy atom. The number of hydrogen-bond donors (Lipinski definition) is 0. The highest BCUT2D eigenvalue weighted by Crippen LogP contribution is 2.16. The lowest BCUT2D eigenvalue weighted by Crippen LogP contribution is -2.38. The summed E-state index contributed by atoms with van der Waals surface area (Å²) in [5.41, 5.74) is 0.694. The number of likely N-dealkylation sites (N-methyl/N-ethyl adjacent to an activating group) is 2. The molecule has 0 aromatic heterocycles. The Balaban J connectivity index is 1.88. The van der Waals surface area contributed by atoms with Gasteiger partial charge in [-0.2, -0.15) is 0 Å². The first-order valence-electron chi connectivity index (χ1n) is 6.74. The zero-order chi connectivity index (χ0) is 13.8. The zero-order valence-electron chi connectivity index (χ0n) is 11.6. The number of carbonyl (C=O) groups is 1. The third kappa shape index (κ3) is 4.03. The molecule has 0 N–H and O–H groups in total. The average Bonchev–Trinajstić information content (AvgIpc) is 2.75. The van der Waals surface area contributed by atoms with Gasteiger partial charge in [0.05, 0.1) is 6.54 Å². The van der Waals surface area contributed by atoms with E-state index in [0.717, 1.165) is 6.54 Å². The van der Waals surface area contributed by atoms with Crippen molar-refractivity contribution in [1.82, 2.24) is 9.80 Å². The quantitative estimate of drug-likeness (QED) is 0.775. The lowest BCUT2D eigenvalue weighted by Gasteiger charge is -2.25. The molecule has 1 aliphatic heterocycles. The van der Waals surface area contributed by atoms with Crippen LogP contribution < -0.4 is 0 Å². The second-order valence-electron chi connectivity index (χ2n) is 5.41. The number of hydrogen-bond acceptors (Lipinski definition) is 3. The van der Waals surface area contributed by atoms with Crippen LogP contribution in [-0.2, 0) is 0 Å². The summed E-state index contributed by atoms with van der Waals surface area (Å²) >= 11 is 5.91. The van der Waals surface area contributed by atoms with Crippen LogP contribution in [0.5, 0.6) is 0 Å². The van der Waals surface area contributed by atoms with Gasteiger partial charge in [0.25, 0.3) is 0 Å². The number of rotatable bonds is 5. The van der Waals surface area contributed by atoms with Crippen molar-refractivity contribution in [3.63, 3.8) is 0 Å². The van der Waals surface area contributed by atoms with Crippen LogP contribution in [-0.4, -0.2) is 55.4 Å². The van der Waals surface area contributed by atoms with Crippen LogP contribution in [0.1, 0.15) is 23.2 Å². The molecule has 3 nitrogen and oxygen atoms in total. The fourth-order valence-electron chi connectivity index (χ4n) is 2.63. The largest absolute Gasteiger partial charge is 0.302 e. The van der Waals surface area contributed by atoms with Crippen LogP contribution in [0.25, 0.3) is 0 Å². The fourth-order valence-corrected chi connectivity index (χ4v) is 2.82. The monoisotopic (exact) mass is 280 g/mol. The molecule has 1 atom stereocenters. The number of Topliss-reactive ketones (excluding diaryl/α,β-unsaturated/α-hetero) is 1. The lowest BCUT2D eigenvalue weighted by molar-refractivity contribution is 0.0932. The summed E-state index contributed by atoms with van der Waals surface area (Å²) in [7, 11) is 4.17. The first-order valence-corrected chi connectivity index (χ1v) is 7.11. The van der Waals surface area contributed by atoms with Crippen molar-refractivity contribution in [2.24, 2.45) is 0 Å². The highest BCUT2D eigenvalue weighted by Gasteiger charge is 2.22. The predicted molar refractivity (Wildman–Crippen MR) is 78.9 cm³/mol. The molecule has 0 aliphatic carbocycles. The molecular weight excluding hydrogens is 260 g/mol. The van der Waals surface area contributed by atoms with Crippen LogP contribution in [0.3, 0.4) is 0 Å². The molecule has 0 saturated carbocycles. The number of carbonyl (C=O) groups excluding carboxylic acids is 1. The van der Waals surface area contributed by atoms with Gasteiger partial charge in [0, 0.05) is 23.2 Å². The Labute approximate surface area is 120 Å². The van der Waals surface area contributed by atoms with Crippen molar-refractivity contribution in [1.29, 1.82) is 0 Å². The maximum Gasteiger partial charge on any atom is 0.176 e. The summed E-state index contributed by atoms with van der Waals surface area (Å²) in [5.74, 6) is 0.130. The molecule has 0 amide bonds. The highest BCUT2D eigenvalue weighted by molar-refractivity contribution is 6.31. The van der Waals surface area contributed by atoms with Crippen LogP contribution in [0.15, 0.2) is 24.3 Å². The lowest BCUT2D eigenvalue weighted by atomic mass is 10.1. The molecule has 19 heavy (non-hydrogen) atoms. The Kier molecular flexibility index (Phi) is 4.97. The Bertz CT molecular complexity index is 450. The highest BCUT2D eigenvalue weighted by atomic mass is 35.5. The van der Waals surface area contributed by atoms with Gasteiger partial charge >= 0.3 is 0 Å². The van der Waals surface area contributed by atoms with Gasteiger partial charge in [0.1, 0.15) is 0 Å². The van der Waals surface area contributed by atoms with E-state index >= 15 is 0 Å². The van der Waals surface area contributed by atoms with Gasteiger partial charge < -0.3 is 4.90 Å². The minimum absolute atomic E-state index is 0.130. The molecule has 1 fully saturated rings. The first kappa shape index (κ1) is 14.5. The predicted octanol–water partition coefficient (Wildman–Crippen LogP) is 2.55. The second-order valence-corrected chi connectivity index (χ2v) is 5.84. The maximum absolute atomic E-state index is 12.1. The van der Waals surface area contributed by atoms with E-state index in [4.69, 9.17) is 11.6 Å². The maximum atomic E-state index is 12.1. The molecule has 1 aromatic carbocycles. The van der Waals surface area contributed by atoms with Crippen LogP contribution in [0.2, 0.25) is 5.02 Å². The SMILES string of the molecule is CN(CC(=O)c1cccc(Cl)c1)CC1CCCN1C. The summed E-state index contributed by atoms with van der Waals surface area (Å²) < 4.78 is 0. The summed E-state index contributed by atoms with van der Waals surface area (Å²) in [6.45, 7) is 2.56. The smallest absolute Gasteiger partial charge is 0.176 e. The molecule has 1 aliphatic rings. The van der Waals surface area contributed by atoms with Crippen molar-refractivity contribution in [3.8, 4) is 0 Å². The Hall–Kier alpha value is -0.900. The molecule has 1 saturated heterocycles. The molecule has 1 unspecified atom stereocenters. The van der Waals surface area contributed by atoms with Gasteiger partial charge in [-0.05, 0) is 45.6 Å². The van der Waals surface area contributed by atoms with E-state index < -0.39 is 0 Å². The van der Waals surface area contributed by atoms with Crippen LogP contribution in [0.4, 0.5) is 0 Å². The molecular formula is C15H21ClN2O. The van der Waals surface area contributed by atoms with Gasteiger partial charge in [-0.25, -0.2) is 0 Å². The molecule has 1 aromatic rings. The number of benzene rings is 1. The van der Waals surface area contributed by atoms with Crippen LogP contribution >= 0.6 is 11.6 Å². The average molecular weight is 281 g/mol. The molecule has 104 valence electrons. The Morgan fingerprint density at radius 2 is 2.32 bits per heavy atom. The normalized spacial score (nSPS) is 20.1. The molecule has 4 heteroatoms. The number of ketones is 1. The molecule has 0 spiro atoms. The second kappa shape index (κ2) is 6.51. The Morgan fingerprint density at radius 3 is 2.95 bits per heavy atom. The molecule has 1 heterocycles. The van der Waals surface area contributed by atoms with E-state index in [0.29, 0.717) is 23.2 Å². The van der Waals surface area contributed by atoms with E-state index in [1.54, 1.807) is 12.1 Å². The standard InChI is InChI=1S/C15H21ClN2O/c1-17(10-14-7-4-8-18(14)2)11-15(19)12-5-3-6-13(16)9-12/h3,5-6,9,14H,4,7-8,10-11H2,1-2H3. The van der Waals surface area contributed by atoms with Gasteiger partial charge in [0.2, 0.25) is 0 Å². The van der Waals surface area contributed by atoms with Gasteiger partial charge in [0.15, 0.2) is 5.78 Å². The fraction of sp³-hybridized carbons (Fsp3) is 0.533. The van der Waals surface area contributed by atoms with E-state index in [2.05, 4.69) is 16.8 Å². The summed E-state index contributed by atoms with van der Waals surface area (Å²) in [6.07, 6.45) is 2.49. The topological polar surface area (TPSA) is 23.6 Å². The number of nitrogens with zero attached hydrogens (tertiary/aromatic N) is 2. The van der Waals surface area contributed by atoms with Gasteiger partial charge in [-0.1, -0.05) is 23.7 Å². The first-order chi connectivity index (χ1) is 9.06. The minimum Gasteiger partial charge on any atom is -0.302 e. The van der Waals surface area contributed by atoms with E-state index in [-0.39, 0.29) is 5.78 Å². The third-order valence-corrected chi connectivity index (χ3v) is 3.99. The van der Waals surface area contributed by atoms with Gasteiger partial charge in [-0.15, -0.1) is 0 Å². The molecule has 0 bridgehead atoms. The van der Waals surface area contributed by atoms with E-state index in [1.807, 2.05) is 19.2 Å². The molecule has 0 radical (unpaired) electrons. The van der Waals surface area contributed by atoms with Crippen molar-refractivity contribution in [2.45, 2.75) is 18.9 Å². The summed E-state index contributed by atoms with van der Waals surface area (Å²) in [4.78, 5) is 16.6. The van der Waals surface area contributed by atoms with Crippen molar-refractivity contribution < 1.29 is 4.79 Å². The number of halogens is 1. The van der Waals surface area contributed by atoms with Crippen molar-refractivity contribution in [2.75, 3.05) is 33.7 Å². The van der Waals surface area contributed by atoms with E-state index in [9.17, 15) is 4.79 Å². The summed E-state index contributed by atoms with van der Waals surface area (Å²) in [6, 6.07) is 7.75. The van der Waals surface area contributed by atoms with Crippen molar-refractivity contribution in [3.05, 3.63) is 34.9 Å². The third-order valence-electron chi connectivity index (χ3n) is 3.75. The summed E-state index contributed by atoms with van der Waals surface area (Å²) in [5, 5.41) is 0.615. The number of likely N-dealkylation sites (tertiary alicyclic amines) is 1. The van der Waals surface area contributed by atoms with Gasteiger partial charge in [-0.3, -0.25) is 9.69 Å². The van der Waals surface area contributed by atoms with Crippen LogP contribution in [0, 0.1) is 0 Å².